The third-order valence-electron chi connectivity index (χ3n) is 6.22. The van der Waals surface area contributed by atoms with Crippen LogP contribution in [0.3, 0.4) is 0 Å². The number of hydrogen-bond donors (Lipinski definition) is 1. The zero-order valence-electron chi connectivity index (χ0n) is 20.5. The van der Waals surface area contributed by atoms with Crippen LogP contribution in [0.4, 0.5) is 10.5 Å². The van der Waals surface area contributed by atoms with Gasteiger partial charge in [-0.15, -0.1) is 0 Å². The summed E-state index contributed by atoms with van der Waals surface area (Å²) in [5, 5.41) is 7.89. The second-order valence-corrected chi connectivity index (χ2v) is 9.09. The van der Waals surface area contributed by atoms with Gasteiger partial charge in [0, 0.05) is 23.2 Å². The summed E-state index contributed by atoms with van der Waals surface area (Å²) < 4.78 is 19.1. The maximum absolute atomic E-state index is 12.0. The van der Waals surface area contributed by atoms with Crippen LogP contribution in [0.5, 0.6) is 5.75 Å². The van der Waals surface area contributed by atoms with Crippen LogP contribution in [0, 0.1) is 6.92 Å². The molecule has 1 N–H and O–H groups in total. The molecule has 0 aliphatic heterocycles. The van der Waals surface area contributed by atoms with E-state index in [1.165, 1.54) is 6.42 Å². The van der Waals surface area contributed by atoms with Crippen molar-refractivity contribution in [2.45, 2.75) is 59.1 Å². The molecule has 1 amide bonds. The Labute approximate surface area is 204 Å². The van der Waals surface area contributed by atoms with Crippen LogP contribution in [-0.4, -0.2) is 33.5 Å². The number of aromatic nitrogens is 3. The maximum Gasteiger partial charge on any atom is 0.411 e. The zero-order valence-corrected chi connectivity index (χ0v) is 20.5. The Bertz CT molecular complexity index is 1350. The number of nitrogens with zero attached hydrogens (tertiary/aromatic N) is 3. The molecule has 1 aliphatic rings. The smallest absolute Gasteiger partial charge is 0.411 e. The average molecular weight is 475 g/mol. The van der Waals surface area contributed by atoms with Gasteiger partial charge >= 0.3 is 6.09 Å². The largest absolute Gasteiger partial charge is 0.494 e. The van der Waals surface area contributed by atoms with E-state index in [0.29, 0.717) is 30.1 Å². The molecule has 1 fully saturated rings. The lowest BCUT2D eigenvalue weighted by Crippen LogP contribution is -2.18. The molecule has 0 radical (unpaired) electrons. The molecule has 4 aromatic rings. The summed E-state index contributed by atoms with van der Waals surface area (Å²) in [4.78, 5) is 16.6. The van der Waals surface area contributed by atoms with Crippen molar-refractivity contribution in [2.75, 3.05) is 11.9 Å². The van der Waals surface area contributed by atoms with E-state index in [-0.39, 0.29) is 6.10 Å². The van der Waals surface area contributed by atoms with Gasteiger partial charge in [-0.05, 0) is 76.8 Å². The fourth-order valence-electron chi connectivity index (χ4n) is 4.54. The van der Waals surface area contributed by atoms with Gasteiger partial charge in [0.1, 0.15) is 5.75 Å². The Morgan fingerprint density at radius 1 is 1.20 bits per heavy atom. The van der Waals surface area contributed by atoms with Crippen molar-refractivity contribution in [3.63, 3.8) is 0 Å². The number of fused-ring (bicyclic) bond motifs is 1. The highest BCUT2D eigenvalue weighted by Gasteiger charge is 2.30. The lowest BCUT2D eigenvalue weighted by molar-refractivity contribution is 0.130. The normalized spacial score (nSPS) is 13.7. The van der Waals surface area contributed by atoms with Crippen LogP contribution >= 0.6 is 0 Å². The Hall–Kier alpha value is -3.81. The minimum absolute atomic E-state index is 0.186. The summed E-state index contributed by atoms with van der Waals surface area (Å²) in [6.45, 7) is 8.05. The number of rotatable bonds is 7. The highest BCUT2D eigenvalue weighted by atomic mass is 16.6. The van der Waals surface area contributed by atoms with E-state index < -0.39 is 6.09 Å². The molecule has 0 saturated heterocycles. The molecule has 2 aromatic heterocycles. The van der Waals surface area contributed by atoms with Crippen LogP contribution in [-0.2, 0) is 4.74 Å². The third kappa shape index (κ3) is 4.48. The highest BCUT2D eigenvalue weighted by Crippen LogP contribution is 2.47. The standard InChI is InChI=1S/C27H30N4O4/c1-5-33-21-13-14-22-23(15-21)31(20-7-6-8-20)25(24(22)26-28-17(4)30-35-26)18-9-11-19(12-10-18)29-27(32)34-16(2)3/h9-16,20H,5-8H2,1-4H3,(H,29,32). The number of nitrogens with one attached hydrogen (secondary N) is 1. The van der Waals surface area contributed by atoms with E-state index in [1.54, 1.807) is 0 Å². The molecule has 2 heterocycles. The van der Waals surface area contributed by atoms with E-state index in [4.69, 9.17) is 14.0 Å². The average Bonchev–Trinajstić information content (AvgIpc) is 3.34. The van der Waals surface area contributed by atoms with Gasteiger partial charge in [-0.1, -0.05) is 17.3 Å². The molecule has 1 saturated carbocycles. The van der Waals surface area contributed by atoms with E-state index >= 15 is 0 Å². The van der Waals surface area contributed by atoms with Crippen molar-refractivity contribution in [1.29, 1.82) is 0 Å². The van der Waals surface area contributed by atoms with Crippen LogP contribution in [0.1, 0.15) is 51.9 Å². The van der Waals surface area contributed by atoms with Gasteiger partial charge in [0.2, 0.25) is 0 Å². The number of anilines is 1. The minimum atomic E-state index is -0.471. The molecular formula is C27H30N4O4. The monoisotopic (exact) mass is 474 g/mol. The predicted octanol–water partition coefficient (Wildman–Crippen LogP) is 6.75. The lowest BCUT2D eigenvalue weighted by Gasteiger charge is -2.30. The molecule has 0 atom stereocenters. The number of carbonyl (C=O) groups is 1. The van der Waals surface area contributed by atoms with Gasteiger partial charge in [0.05, 0.1) is 29.5 Å². The Morgan fingerprint density at radius 3 is 2.57 bits per heavy atom. The van der Waals surface area contributed by atoms with E-state index in [9.17, 15) is 4.79 Å². The Kier molecular flexibility index (Phi) is 6.19. The molecule has 182 valence electrons. The molecule has 0 bridgehead atoms. The quantitative estimate of drug-likeness (QED) is 0.319. The highest BCUT2D eigenvalue weighted by molar-refractivity contribution is 6.03. The topological polar surface area (TPSA) is 91.4 Å². The first-order valence-electron chi connectivity index (χ1n) is 12.1. The van der Waals surface area contributed by atoms with Gasteiger partial charge in [-0.2, -0.15) is 4.98 Å². The zero-order chi connectivity index (χ0) is 24.5. The summed E-state index contributed by atoms with van der Waals surface area (Å²) in [6, 6.07) is 14.3. The van der Waals surface area contributed by atoms with Gasteiger partial charge in [0.25, 0.3) is 5.89 Å². The summed E-state index contributed by atoms with van der Waals surface area (Å²) in [7, 11) is 0. The fourth-order valence-corrected chi connectivity index (χ4v) is 4.54. The Morgan fingerprint density at radius 2 is 1.97 bits per heavy atom. The molecule has 5 rings (SSSR count). The second kappa shape index (κ2) is 9.44. The summed E-state index contributed by atoms with van der Waals surface area (Å²) in [5.41, 5.74) is 4.69. The van der Waals surface area contributed by atoms with Crippen LogP contribution in [0.25, 0.3) is 33.6 Å². The SMILES string of the molecule is CCOc1ccc2c(-c3nc(C)no3)c(-c3ccc(NC(=O)OC(C)C)cc3)n(C3CCC3)c2c1. The number of ether oxygens (including phenoxy) is 2. The van der Waals surface area contributed by atoms with Crippen molar-refractivity contribution >= 4 is 22.7 Å². The predicted molar refractivity (Wildman–Crippen MR) is 135 cm³/mol. The molecule has 8 heteroatoms. The van der Waals surface area contributed by atoms with Gasteiger partial charge in [0.15, 0.2) is 5.82 Å². The van der Waals surface area contributed by atoms with Crippen LogP contribution < -0.4 is 10.1 Å². The van der Waals surface area contributed by atoms with E-state index in [2.05, 4.69) is 32.2 Å². The summed E-state index contributed by atoms with van der Waals surface area (Å²) >= 11 is 0. The second-order valence-electron chi connectivity index (χ2n) is 9.09. The maximum atomic E-state index is 12.0. The van der Waals surface area contributed by atoms with E-state index in [0.717, 1.165) is 46.3 Å². The van der Waals surface area contributed by atoms with Gasteiger partial charge < -0.3 is 18.6 Å². The first-order valence-corrected chi connectivity index (χ1v) is 12.1. The summed E-state index contributed by atoms with van der Waals surface area (Å²) in [5.74, 6) is 1.91. The number of aryl methyl sites for hydroxylation is 1. The Balaban J connectivity index is 1.66. The molecule has 2 aromatic carbocycles. The van der Waals surface area contributed by atoms with E-state index in [1.807, 2.05) is 58.0 Å². The number of carbonyl (C=O) groups excluding carboxylic acids is 1. The molecule has 35 heavy (non-hydrogen) atoms. The summed E-state index contributed by atoms with van der Waals surface area (Å²) in [6.07, 6.45) is 2.76. The van der Waals surface area contributed by atoms with Crippen LogP contribution in [0.2, 0.25) is 0 Å². The first kappa shape index (κ1) is 23.0. The van der Waals surface area contributed by atoms with Gasteiger partial charge in [-0.25, -0.2) is 4.79 Å². The molecule has 0 spiro atoms. The number of hydrogen-bond acceptors (Lipinski definition) is 6. The van der Waals surface area contributed by atoms with Crippen molar-refractivity contribution in [2.24, 2.45) is 0 Å². The van der Waals surface area contributed by atoms with Gasteiger partial charge in [-0.3, -0.25) is 5.32 Å². The third-order valence-corrected chi connectivity index (χ3v) is 6.22. The lowest BCUT2D eigenvalue weighted by atomic mass is 9.92. The van der Waals surface area contributed by atoms with Crippen molar-refractivity contribution < 1.29 is 18.8 Å². The minimum Gasteiger partial charge on any atom is -0.494 e. The molecule has 8 nitrogen and oxygen atoms in total. The van der Waals surface area contributed by atoms with Crippen molar-refractivity contribution in [3.05, 3.63) is 48.3 Å². The molecule has 1 aliphatic carbocycles. The molecular weight excluding hydrogens is 444 g/mol. The number of benzene rings is 2. The van der Waals surface area contributed by atoms with Crippen molar-refractivity contribution in [1.82, 2.24) is 14.7 Å². The fraction of sp³-hybridized carbons (Fsp3) is 0.370. The number of amides is 1. The van der Waals surface area contributed by atoms with Crippen molar-refractivity contribution in [3.8, 4) is 28.5 Å². The van der Waals surface area contributed by atoms with Crippen LogP contribution in [0.15, 0.2) is 47.0 Å². The molecule has 0 unspecified atom stereocenters. The first-order chi connectivity index (χ1) is 16.9.